The molecule has 11 heavy (non-hydrogen) atoms. The van der Waals surface area contributed by atoms with Crippen LogP contribution in [0.2, 0.25) is 0 Å². The summed E-state index contributed by atoms with van der Waals surface area (Å²) >= 11 is 0. The van der Waals surface area contributed by atoms with Crippen molar-refractivity contribution in [3.05, 3.63) is 0 Å². The molecule has 0 aromatic carbocycles. The second kappa shape index (κ2) is 4.34. The van der Waals surface area contributed by atoms with Crippen LogP contribution in [-0.2, 0) is 9.57 Å². The summed E-state index contributed by atoms with van der Waals surface area (Å²) in [6, 6.07) is 0. The number of fused-ring (bicyclic) bond motifs is 1. The van der Waals surface area contributed by atoms with Crippen LogP contribution < -0.4 is 0 Å². The number of oxime groups is 1. The molecule has 1 fully saturated rings. The van der Waals surface area contributed by atoms with Crippen molar-refractivity contribution < 1.29 is 9.57 Å². The second-order valence-corrected chi connectivity index (χ2v) is 2.42. The van der Waals surface area contributed by atoms with Gasteiger partial charge in [0.05, 0.1) is 12.3 Å². The summed E-state index contributed by atoms with van der Waals surface area (Å²) in [5.74, 6) is 0.568. The Kier molecular flexibility index (Phi) is 3.36. The molecule has 1 atom stereocenters. The Morgan fingerprint density at radius 3 is 3.00 bits per heavy atom. The van der Waals surface area contributed by atoms with Crippen LogP contribution >= 0.6 is 0 Å². The third kappa shape index (κ3) is 1.93. The zero-order valence-electron chi connectivity index (χ0n) is 7.17. The third-order valence-electron chi connectivity index (χ3n) is 1.79. The fraction of sp³-hybridized carbons (Fsp3) is 0.875. The molecule has 0 bridgehead atoms. The maximum Gasteiger partial charge on any atom is 0.125 e. The first kappa shape index (κ1) is 8.53. The van der Waals surface area contributed by atoms with E-state index < -0.39 is 0 Å². The van der Waals surface area contributed by atoms with Crippen LogP contribution in [0.25, 0.3) is 0 Å². The first-order valence-electron chi connectivity index (χ1n) is 4.23. The highest BCUT2D eigenvalue weighted by atomic mass is 16.6. The van der Waals surface area contributed by atoms with Crippen molar-refractivity contribution in [1.29, 1.82) is 0 Å². The molecule has 64 valence electrons. The van der Waals surface area contributed by atoms with Crippen LogP contribution in [0.1, 0.15) is 20.3 Å². The summed E-state index contributed by atoms with van der Waals surface area (Å²) in [4.78, 5) is 4.90. The number of nitrogens with zero attached hydrogens (tertiary/aromatic N) is 1. The second-order valence-electron chi connectivity index (χ2n) is 2.42. The van der Waals surface area contributed by atoms with Gasteiger partial charge in [-0.15, -0.1) is 0 Å². The summed E-state index contributed by atoms with van der Waals surface area (Å²) < 4.78 is 5.17. The van der Waals surface area contributed by atoms with Crippen LogP contribution in [-0.4, -0.2) is 25.5 Å². The Balaban J connectivity index is 0.000000281. The standard InChI is InChI=1S/C6H9NO2.C2H6/c1-2-8-4-6-5(1)3-9-7-6;1-2/h5H,1-4H2;1-2H3. The predicted molar refractivity (Wildman–Crippen MR) is 43.7 cm³/mol. The lowest BCUT2D eigenvalue weighted by Crippen LogP contribution is -2.26. The lowest BCUT2D eigenvalue weighted by atomic mass is 10.0. The van der Waals surface area contributed by atoms with Gasteiger partial charge in [-0.2, -0.15) is 0 Å². The molecule has 0 saturated carbocycles. The molecule has 0 N–H and O–H groups in total. The normalized spacial score (nSPS) is 27.5. The summed E-state index contributed by atoms with van der Waals surface area (Å²) in [5.41, 5.74) is 1.10. The smallest absolute Gasteiger partial charge is 0.125 e. The molecule has 0 spiro atoms. The first-order valence-corrected chi connectivity index (χ1v) is 4.23. The summed E-state index contributed by atoms with van der Waals surface area (Å²) in [6.07, 6.45) is 1.08. The molecule has 0 amide bonds. The van der Waals surface area contributed by atoms with E-state index in [1.807, 2.05) is 13.8 Å². The SMILES string of the molecule is C1CC2CON=C2CO1.CC. The molecule has 2 aliphatic rings. The first-order chi connectivity index (χ1) is 5.47. The molecule has 2 heterocycles. The minimum atomic E-state index is 0.568. The van der Waals surface area contributed by atoms with Crippen LogP contribution in [0.15, 0.2) is 5.16 Å². The Morgan fingerprint density at radius 1 is 1.45 bits per heavy atom. The predicted octanol–water partition coefficient (Wildman–Crippen LogP) is 1.44. The van der Waals surface area contributed by atoms with E-state index in [0.717, 1.165) is 25.3 Å². The number of rotatable bonds is 0. The monoisotopic (exact) mass is 157 g/mol. The van der Waals surface area contributed by atoms with Crippen LogP contribution in [0, 0.1) is 5.92 Å². The lowest BCUT2D eigenvalue weighted by Gasteiger charge is -2.15. The van der Waals surface area contributed by atoms with Gasteiger partial charge in [-0.05, 0) is 6.42 Å². The Hall–Kier alpha value is -0.570. The zero-order valence-corrected chi connectivity index (χ0v) is 7.17. The minimum absolute atomic E-state index is 0.568. The van der Waals surface area contributed by atoms with Crippen LogP contribution in [0.4, 0.5) is 0 Å². The maximum atomic E-state index is 5.17. The third-order valence-corrected chi connectivity index (χ3v) is 1.79. The molecule has 0 radical (unpaired) electrons. The fourth-order valence-corrected chi connectivity index (χ4v) is 1.18. The molecule has 3 heteroatoms. The van der Waals surface area contributed by atoms with Crippen molar-refractivity contribution in [2.45, 2.75) is 20.3 Å². The highest BCUT2D eigenvalue weighted by molar-refractivity contribution is 5.89. The molecular weight excluding hydrogens is 142 g/mol. The number of hydrogen-bond donors (Lipinski definition) is 0. The largest absolute Gasteiger partial charge is 0.395 e. The molecule has 2 aliphatic heterocycles. The van der Waals surface area contributed by atoms with Gasteiger partial charge < -0.3 is 9.57 Å². The van der Waals surface area contributed by atoms with E-state index in [1.54, 1.807) is 0 Å². The van der Waals surface area contributed by atoms with E-state index in [2.05, 4.69) is 5.16 Å². The molecule has 0 aromatic rings. The van der Waals surface area contributed by atoms with Gasteiger partial charge in [0.15, 0.2) is 0 Å². The van der Waals surface area contributed by atoms with Gasteiger partial charge in [0.1, 0.15) is 6.61 Å². The van der Waals surface area contributed by atoms with Crippen molar-refractivity contribution in [1.82, 2.24) is 0 Å². The molecule has 1 saturated heterocycles. The maximum absolute atomic E-state index is 5.17. The van der Waals surface area contributed by atoms with Gasteiger partial charge in [-0.1, -0.05) is 19.0 Å². The van der Waals surface area contributed by atoms with Crippen LogP contribution in [0.5, 0.6) is 0 Å². The van der Waals surface area contributed by atoms with E-state index in [0.29, 0.717) is 12.5 Å². The lowest BCUT2D eigenvalue weighted by molar-refractivity contribution is 0.120. The topological polar surface area (TPSA) is 30.8 Å². The molecule has 3 nitrogen and oxygen atoms in total. The molecule has 2 rings (SSSR count). The van der Waals surface area contributed by atoms with Gasteiger partial charge in [-0.3, -0.25) is 0 Å². The fourth-order valence-electron chi connectivity index (χ4n) is 1.18. The van der Waals surface area contributed by atoms with Crippen molar-refractivity contribution in [3.8, 4) is 0 Å². The Bertz CT molecular complexity index is 145. The quantitative estimate of drug-likeness (QED) is 0.532. The molecular formula is C8H15NO2. The highest BCUT2D eigenvalue weighted by Crippen LogP contribution is 2.17. The number of ether oxygens (including phenoxy) is 1. The van der Waals surface area contributed by atoms with Crippen LogP contribution in [0.3, 0.4) is 0 Å². The Morgan fingerprint density at radius 2 is 2.27 bits per heavy atom. The summed E-state index contributed by atoms with van der Waals surface area (Å²) in [6.45, 7) is 6.33. The minimum Gasteiger partial charge on any atom is -0.395 e. The van der Waals surface area contributed by atoms with E-state index >= 15 is 0 Å². The highest BCUT2D eigenvalue weighted by Gasteiger charge is 2.26. The van der Waals surface area contributed by atoms with Crippen molar-refractivity contribution >= 4 is 5.71 Å². The van der Waals surface area contributed by atoms with E-state index in [4.69, 9.17) is 9.57 Å². The van der Waals surface area contributed by atoms with E-state index in [9.17, 15) is 0 Å². The molecule has 0 aromatic heterocycles. The molecule has 1 unspecified atom stereocenters. The van der Waals surface area contributed by atoms with Crippen molar-refractivity contribution in [2.24, 2.45) is 11.1 Å². The average Bonchev–Trinajstić information content (AvgIpc) is 2.55. The van der Waals surface area contributed by atoms with Gasteiger partial charge in [0, 0.05) is 12.5 Å². The van der Waals surface area contributed by atoms with Gasteiger partial charge >= 0.3 is 0 Å². The Labute approximate surface area is 67.4 Å². The van der Waals surface area contributed by atoms with E-state index in [1.165, 1.54) is 0 Å². The van der Waals surface area contributed by atoms with Gasteiger partial charge in [0.2, 0.25) is 0 Å². The van der Waals surface area contributed by atoms with Gasteiger partial charge in [-0.25, -0.2) is 0 Å². The summed E-state index contributed by atoms with van der Waals surface area (Å²) in [5, 5.41) is 3.85. The van der Waals surface area contributed by atoms with Crippen molar-refractivity contribution in [2.75, 3.05) is 19.8 Å². The number of hydrogen-bond acceptors (Lipinski definition) is 3. The zero-order chi connectivity index (χ0) is 8.10. The van der Waals surface area contributed by atoms with Gasteiger partial charge in [0.25, 0.3) is 0 Å². The van der Waals surface area contributed by atoms with E-state index in [-0.39, 0.29) is 0 Å². The summed E-state index contributed by atoms with van der Waals surface area (Å²) in [7, 11) is 0. The van der Waals surface area contributed by atoms with Crippen molar-refractivity contribution in [3.63, 3.8) is 0 Å². The average molecular weight is 157 g/mol. The molecule has 0 aliphatic carbocycles.